The van der Waals surface area contributed by atoms with Gasteiger partial charge in [0.2, 0.25) is 0 Å². The summed E-state index contributed by atoms with van der Waals surface area (Å²) < 4.78 is 5.55. The minimum atomic E-state index is -0.384. The molecule has 0 aromatic heterocycles. The molecule has 0 bridgehead atoms. The third kappa shape index (κ3) is 4.73. The summed E-state index contributed by atoms with van der Waals surface area (Å²) in [5, 5.41) is 25.2. The normalized spacial score (nSPS) is 43.7. The zero-order valence-corrected chi connectivity index (χ0v) is 23.4. The van der Waals surface area contributed by atoms with E-state index in [2.05, 4.69) is 33.0 Å². The van der Waals surface area contributed by atoms with Crippen LogP contribution < -0.4 is 5.32 Å². The molecule has 37 heavy (non-hydrogen) atoms. The summed E-state index contributed by atoms with van der Waals surface area (Å²) in [6.45, 7) is 10.0. The molecule has 1 aromatic carbocycles. The van der Waals surface area contributed by atoms with E-state index in [-0.39, 0.29) is 29.1 Å². The largest absolute Gasteiger partial charge is 0.449 e. The van der Waals surface area contributed by atoms with Crippen LogP contribution in [0, 0.1) is 52.3 Å². The Hall–Kier alpha value is -1.59. The number of nitrogens with one attached hydrogen (secondary N) is 1. The summed E-state index contributed by atoms with van der Waals surface area (Å²) in [4.78, 5) is 12.2. The lowest BCUT2D eigenvalue weighted by molar-refractivity contribution is -0.203. The maximum Gasteiger partial charge on any atom is 0.411 e. The fraction of sp³-hybridized carbons (Fsp3) is 0.781. The molecule has 1 aromatic rings. The van der Waals surface area contributed by atoms with E-state index in [0.29, 0.717) is 48.0 Å². The lowest BCUT2D eigenvalue weighted by Crippen LogP contribution is -2.62. The van der Waals surface area contributed by atoms with Crippen LogP contribution in [0.2, 0.25) is 0 Å². The zero-order valence-electron chi connectivity index (χ0n) is 23.4. The van der Waals surface area contributed by atoms with Crippen LogP contribution in [0.15, 0.2) is 30.3 Å². The summed E-state index contributed by atoms with van der Waals surface area (Å²) in [6, 6.07) is 9.44. The Bertz CT molecular complexity index is 938. The minimum absolute atomic E-state index is 0.196. The molecule has 0 saturated heterocycles. The molecule has 0 radical (unpaired) electrons. The average molecular weight is 512 g/mol. The first-order valence-corrected chi connectivity index (χ1v) is 15.0. The number of carbonyl (C=O) groups excluding carboxylic acids is 1. The summed E-state index contributed by atoms with van der Waals surface area (Å²) >= 11 is 0. The van der Waals surface area contributed by atoms with Gasteiger partial charge in [-0.05, 0) is 116 Å². The number of ether oxygens (including phenoxy) is 1. The summed E-state index contributed by atoms with van der Waals surface area (Å²) in [7, 11) is 0. The van der Waals surface area contributed by atoms with Crippen LogP contribution in [0.25, 0.3) is 0 Å². The van der Waals surface area contributed by atoms with Crippen LogP contribution in [-0.4, -0.2) is 35.1 Å². The van der Waals surface area contributed by atoms with E-state index in [0.717, 1.165) is 37.8 Å². The number of hydrogen-bond donors (Lipinski definition) is 3. The maximum atomic E-state index is 12.2. The second-order valence-corrected chi connectivity index (χ2v) is 13.5. The lowest BCUT2D eigenvalue weighted by atomic mass is 9.41. The van der Waals surface area contributed by atoms with Crippen LogP contribution in [0.5, 0.6) is 0 Å². The average Bonchev–Trinajstić information content (AvgIpc) is 3.23. The van der Waals surface area contributed by atoms with E-state index in [1.807, 2.05) is 30.3 Å². The molecule has 2 unspecified atom stereocenters. The molecular formula is C32H49NO4. The molecule has 3 N–H and O–H groups in total. The van der Waals surface area contributed by atoms with Crippen LogP contribution in [0.4, 0.5) is 10.5 Å². The van der Waals surface area contributed by atoms with Gasteiger partial charge in [0.1, 0.15) is 0 Å². The molecule has 0 aliphatic heterocycles. The monoisotopic (exact) mass is 511 g/mol. The Labute approximate surface area is 223 Å². The highest BCUT2D eigenvalue weighted by Gasteiger charge is 2.64. The summed E-state index contributed by atoms with van der Waals surface area (Å²) in [6.07, 6.45) is 8.80. The number of anilines is 1. The van der Waals surface area contributed by atoms with E-state index < -0.39 is 0 Å². The zero-order chi connectivity index (χ0) is 26.4. The SMILES string of the molecule is CC[C@H]1[C@@H](O)[C@H]2C3CC[C@H]([C@H](C)CCOC(=O)Nc4ccccc4)[C@@]3(C)CCC2[C@@]2(C)CC[C@@H](O)C[C@@H]12. The van der Waals surface area contributed by atoms with Crippen LogP contribution in [-0.2, 0) is 4.74 Å². The first kappa shape index (κ1) is 27.0. The number of aliphatic hydroxyl groups is 2. The van der Waals surface area contributed by atoms with Crippen molar-refractivity contribution in [1.29, 1.82) is 0 Å². The number of aliphatic hydroxyl groups excluding tert-OH is 2. The highest BCUT2D eigenvalue weighted by atomic mass is 16.5. The molecular weight excluding hydrogens is 462 g/mol. The number of benzene rings is 1. The van der Waals surface area contributed by atoms with Crippen molar-refractivity contribution in [3.05, 3.63) is 30.3 Å². The van der Waals surface area contributed by atoms with Crippen molar-refractivity contribution in [2.45, 2.75) is 97.7 Å². The molecule has 5 rings (SSSR count). The predicted molar refractivity (Wildman–Crippen MR) is 147 cm³/mol. The predicted octanol–water partition coefficient (Wildman–Crippen LogP) is 6.89. The molecule has 0 heterocycles. The first-order chi connectivity index (χ1) is 17.7. The Morgan fingerprint density at radius 3 is 2.46 bits per heavy atom. The Morgan fingerprint density at radius 1 is 1.03 bits per heavy atom. The molecule has 4 aliphatic carbocycles. The molecule has 4 saturated carbocycles. The second kappa shape index (κ2) is 10.5. The number of hydrogen-bond acceptors (Lipinski definition) is 4. The third-order valence-corrected chi connectivity index (χ3v) is 12.0. The van der Waals surface area contributed by atoms with Crippen molar-refractivity contribution >= 4 is 11.8 Å². The standard InChI is InChI=1S/C32H49NO4/c1-5-23-27-19-22(34)13-16-32(27,4)26-14-17-31(3)24(11-12-25(31)28(26)29(23)35)20(2)15-18-37-30(36)33-21-9-7-6-8-10-21/h6-10,20,22-29,34-35H,5,11-19H2,1-4H3,(H,33,36)/t20-,22-,23-,24-,25?,26?,27+,28+,29-,31-,32-/m1/s1. The lowest BCUT2D eigenvalue weighted by Gasteiger charge is -2.64. The molecule has 1 amide bonds. The molecule has 4 fully saturated rings. The highest BCUT2D eigenvalue weighted by molar-refractivity contribution is 5.84. The first-order valence-electron chi connectivity index (χ1n) is 15.0. The number of para-hydroxylation sites is 1. The fourth-order valence-electron chi connectivity index (χ4n) is 10.1. The topological polar surface area (TPSA) is 78.8 Å². The van der Waals surface area contributed by atoms with Gasteiger partial charge >= 0.3 is 6.09 Å². The van der Waals surface area contributed by atoms with Crippen molar-refractivity contribution in [2.75, 3.05) is 11.9 Å². The molecule has 0 spiro atoms. The fourth-order valence-corrected chi connectivity index (χ4v) is 10.1. The molecule has 5 nitrogen and oxygen atoms in total. The van der Waals surface area contributed by atoms with Crippen LogP contribution in [0.1, 0.15) is 85.5 Å². The number of rotatable bonds is 6. The van der Waals surface area contributed by atoms with Crippen molar-refractivity contribution in [3.63, 3.8) is 0 Å². The van der Waals surface area contributed by atoms with Crippen molar-refractivity contribution in [2.24, 2.45) is 52.3 Å². The molecule has 5 heteroatoms. The number of carbonyl (C=O) groups is 1. The van der Waals surface area contributed by atoms with Gasteiger partial charge in [0, 0.05) is 5.69 Å². The Balaban J connectivity index is 1.25. The maximum absolute atomic E-state index is 12.2. The van der Waals surface area contributed by atoms with Gasteiger partial charge in [-0.25, -0.2) is 4.79 Å². The third-order valence-electron chi connectivity index (χ3n) is 12.0. The molecule has 11 atom stereocenters. The van der Waals surface area contributed by atoms with E-state index in [9.17, 15) is 15.0 Å². The smallest absolute Gasteiger partial charge is 0.411 e. The summed E-state index contributed by atoms with van der Waals surface area (Å²) in [5.41, 5.74) is 1.24. The van der Waals surface area contributed by atoms with Crippen molar-refractivity contribution in [1.82, 2.24) is 0 Å². The Kier molecular flexibility index (Phi) is 7.68. The van der Waals surface area contributed by atoms with Crippen LogP contribution in [0.3, 0.4) is 0 Å². The second-order valence-electron chi connectivity index (χ2n) is 13.5. The van der Waals surface area contributed by atoms with Gasteiger partial charge in [0.25, 0.3) is 0 Å². The van der Waals surface area contributed by atoms with Gasteiger partial charge in [0.05, 0.1) is 18.8 Å². The van der Waals surface area contributed by atoms with Gasteiger partial charge in [-0.3, -0.25) is 5.32 Å². The highest BCUT2D eigenvalue weighted by Crippen LogP contribution is 2.69. The van der Waals surface area contributed by atoms with E-state index >= 15 is 0 Å². The van der Waals surface area contributed by atoms with Gasteiger partial charge < -0.3 is 14.9 Å². The van der Waals surface area contributed by atoms with Gasteiger partial charge in [-0.2, -0.15) is 0 Å². The van der Waals surface area contributed by atoms with E-state index in [1.54, 1.807) is 0 Å². The molecule has 206 valence electrons. The van der Waals surface area contributed by atoms with Crippen LogP contribution >= 0.6 is 0 Å². The number of fused-ring (bicyclic) bond motifs is 5. The van der Waals surface area contributed by atoms with Gasteiger partial charge in [-0.1, -0.05) is 52.3 Å². The van der Waals surface area contributed by atoms with Gasteiger partial charge in [0.15, 0.2) is 0 Å². The van der Waals surface area contributed by atoms with Gasteiger partial charge in [-0.15, -0.1) is 0 Å². The molecule has 4 aliphatic rings. The van der Waals surface area contributed by atoms with E-state index in [1.165, 1.54) is 25.7 Å². The van der Waals surface area contributed by atoms with E-state index in [4.69, 9.17) is 4.74 Å². The number of amides is 1. The van der Waals surface area contributed by atoms with Crippen molar-refractivity contribution < 1.29 is 19.7 Å². The summed E-state index contributed by atoms with van der Waals surface area (Å²) in [5.74, 6) is 3.34. The quantitative estimate of drug-likeness (QED) is 0.389. The Morgan fingerprint density at radius 2 is 1.73 bits per heavy atom. The minimum Gasteiger partial charge on any atom is -0.449 e. The van der Waals surface area contributed by atoms with Crippen molar-refractivity contribution in [3.8, 4) is 0 Å².